The molecule has 0 aromatic heterocycles. The van der Waals surface area contributed by atoms with Crippen molar-refractivity contribution in [2.24, 2.45) is 5.92 Å². The quantitative estimate of drug-likeness (QED) is 0.780. The van der Waals surface area contributed by atoms with E-state index in [1.165, 1.54) is 5.56 Å². The second-order valence-corrected chi connectivity index (χ2v) is 5.01. The summed E-state index contributed by atoms with van der Waals surface area (Å²) in [4.78, 5) is 0. The number of phenolic OH excluding ortho intramolecular Hbond substituents is 1. The van der Waals surface area contributed by atoms with E-state index in [4.69, 9.17) is 5.26 Å². The summed E-state index contributed by atoms with van der Waals surface area (Å²) in [5.74, 6) is 0.559. The van der Waals surface area contributed by atoms with E-state index in [9.17, 15) is 5.11 Å². The molecule has 1 aromatic rings. The molecule has 0 unspecified atom stereocenters. The van der Waals surface area contributed by atoms with Crippen molar-refractivity contribution in [2.75, 3.05) is 0 Å². The number of benzene rings is 1. The van der Waals surface area contributed by atoms with Crippen LogP contribution in [0.25, 0.3) is 0 Å². The zero-order valence-corrected chi connectivity index (χ0v) is 9.61. The lowest BCUT2D eigenvalue weighted by Crippen LogP contribution is -2.28. The van der Waals surface area contributed by atoms with Gasteiger partial charge in [0.05, 0.1) is 6.07 Å². The molecule has 0 amide bonds. The van der Waals surface area contributed by atoms with Crippen LogP contribution in [0.3, 0.4) is 0 Å². The third kappa shape index (κ3) is 2.04. The van der Waals surface area contributed by atoms with Gasteiger partial charge in [-0.3, -0.25) is 0 Å². The Bertz CT molecular complexity index is 394. The molecule has 0 aliphatic heterocycles. The van der Waals surface area contributed by atoms with Crippen LogP contribution < -0.4 is 0 Å². The highest BCUT2D eigenvalue weighted by Crippen LogP contribution is 2.41. The number of phenols is 1. The largest absolute Gasteiger partial charge is 0.508 e. The van der Waals surface area contributed by atoms with E-state index in [0.29, 0.717) is 5.75 Å². The molecule has 0 heterocycles. The Hall–Kier alpha value is -1.49. The fourth-order valence-electron chi connectivity index (χ4n) is 2.54. The van der Waals surface area contributed by atoms with Gasteiger partial charge in [-0.15, -0.1) is 0 Å². The first-order chi connectivity index (χ1) is 7.64. The molecule has 2 rings (SSSR count). The number of hydrogen-bond acceptors (Lipinski definition) is 2. The summed E-state index contributed by atoms with van der Waals surface area (Å²) < 4.78 is 0. The van der Waals surface area contributed by atoms with Gasteiger partial charge in [0, 0.05) is 5.92 Å². The van der Waals surface area contributed by atoms with Crippen molar-refractivity contribution >= 4 is 0 Å². The summed E-state index contributed by atoms with van der Waals surface area (Å²) >= 11 is 0. The van der Waals surface area contributed by atoms with E-state index >= 15 is 0 Å². The molecular formula is C14H17NO. The molecule has 2 nitrogen and oxygen atoms in total. The van der Waals surface area contributed by atoms with Crippen molar-refractivity contribution in [1.29, 1.82) is 5.26 Å². The van der Waals surface area contributed by atoms with Gasteiger partial charge >= 0.3 is 0 Å². The van der Waals surface area contributed by atoms with Gasteiger partial charge in [-0.25, -0.2) is 0 Å². The Labute approximate surface area is 96.5 Å². The summed E-state index contributed by atoms with van der Waals surface area (Å²) in [6.07, 6.45) is 4.12. The topological polar surface area (TPSA) is 44.0 Å². The van der Waals surface area contributed by atoms with Gasteiger partial charge in [-0.05, 0) is 48.8 Å². The standard InChI is InChI=1S/C14H17NO/c1-14(8-6-11(10-15)7-9-14)12-2-4-13(16)5-3-12/h2-5,11,16H,6-9H2,1H3/t11-,14+. The van der Waals surface area contributed by atoms with Crippen LogP contribution in [0, 0.1) is 17.2 Å². The minimum Gasteiger partial charge on any atom is -0.508 e. The molecule has 1 saturated carbocycles. The first-order valence-electron chi connectivity index (χ1n) is 5.83. The Morgan fingerprint density at radius 3 is 2.31 bits per heavy atom. The first kappa shape index (κ1) is 11.0. The maximum atomic E-state index is 9.28. The molecule has 0 spiro atoms. The third-order valence-electron chi connectivity index (χ3n) is 3.84. The highest BCUT2D eigenvalue weighted by molar-refractivity contribution is 5.31. The van der Waals surface area contributed by atoms with E-state index in [-0.39, 0.29) is 11.3 Å². The summed E-state index contributed by atoms with van der Waals surface area (Å²) in [5.41, 5.74) is 1.46. The van der Waals surface area contributed by atoms with Gasteiger partial charge < -0.3 is 5.11 Å². The summed E-state index contributed by atoms with van der Waals surface area (Å²) in [7, 11) is 0. The van der Waals surface area contributed by atoms with Crippen LogP contribution in [0.4, 0.5) is 0 Å². The molecule has 0 atom stereocenters. The first-order valence-corrected chi connectivity index (χ1v) is 5.83. The maximum Gasteiger partial charge on any atom is 0.115 e. The molecule has 1 aliphatic rings. The van der Waals surface area contributed by atoms with Crippen molar-refractivity contribution < 1.29 is 5.11 Å². The maximum absolute atomic E-state index is 9.28. The molecule has 1 N–H and O–H groups in total. The minimum atomic E-state index is 0.182. The van der Waals surface area contributed by atoms with Crippen molar-refractivity contribution in [3.63, 3.8) is 0 Å². The van der Waals surface area contributed by atoms with E-state index in [2.05, 4.69) is 13.0 Å². The van der Waals surface area contributed by atoms with Crippen molar-refractivity contribution in [1.82, 2.24) is 0 Å². The predicted octanol–water partition coefficient (Wildman–Crippen LogP) is 3.36. The minimum absolute atomic E-state index is 0.182. The zero-order chi connectivity index (χ0) is 11.6. The SMILES string of the molecule is C[C@]1(c2ccc(O)cc2)CC[C@@H](C#N)CC1. The molecule has 1 aliphatic carbocycles. The molecule has 84 valence electrons. The molecule has 0 radical (unpaired) electrons. The number of hydrogen-bond donors (Lipinski definition) is 1. The molecule has 0 saturated heterocycles. The smallest absolute Gasteiger partial charge is 0.115 e. The Balaban J connectivity index is 2.15. The van der Waals surface area contributed by atoms with Crippen molar-refractivity contribution in [2.45, 2.75) is 38.0 Å². The second kappa shape index (κ2) is 4.17. The molecule has 0 bridgehead atoms. The predicted molar refractivity (Wildman–Crippen MR) is 63.0 cm³/mol. The molecule has 16 heavy (non-hydrogen) atoms. The van der Waals surface area contributed by atoms with Crippen LogP contribution in [0.1, 0.15) is 38.2 Å². The molecule has 1 fully saturated rings. The van der Waals surface area contributed by atoms with Crippen LogP contribution in [-0.4, -0.2) is 5.11 Å². The number of nitrogens with zero attached hydrogens (tertiary/aromatic N) is 1. The van der Waals surface area contributed by atoms with Gasteiger partial charge in [-0.1, -0.05) is 19.1 Å². The van der Waals surface area contributed by atoms with Gasteiger partial charge in [0.2, 0.25) is 0 Å². The van der Waals surface area contributed by atoms with Gasteiger partial charge in [0.1, 0.15) is 5.75 Å². The lowest BCUT2D eigenvalue weighted by Gasteiger charge is -2.36. The van der Waals surface area contributed by atoms with Crippen LogP contribution in [0.15, 0.2) is 24.3 Å². The van der Waals surface area contributed by atoms with E-state index in [1.54, 1.807) is 12.1 Å². The van der Waals surface area contributed by atoms with Gasteiger partial charge in [0.25, 0.3) is 0 Å². The lowest BCUT2D eigenvalue weighted by molar-refractivity contribution is 0.282. The van der Waals surface area contributed by atoms with Crippen LogP contribution >= 0.6 is 0 Å². The number of aromatic hydroxyl groups is 1. The summed E-state index contributed by atoms with van der Waals surface area (Å²) in [5, 5.41) is 18.2. The van der Waals surface area contributed by atoms with Gasteiger partial charge in [-0.2, -0.15) is 5.26 Å². The van der Waals surface area contributed by atoms with E-state index in [1.807, 2.05) is 12.1 Å². The summed E-state index contributed by atoms with van der Waals surface area (Å²) in [6.45, 7) is 2.26. The second-order valence-electron chi connectivity index (χ2n) is 5.01. The number of rotatable bonds is 1. The Morgan fingerprint density at radius 2 is 1.81 bits per heavy atom. The van der Waals surface area contributed by atoms with Crippen LogP contribution in [0.5, 0.6) is 5.75 Å². The average Bonchev–Trinajstić information content (AvgIpc) is 2.31. The van der Waals surface area contributed by atoms with E-state index in [0.717, 1.165) is 25.7 Å². The lowest BCUT2D eigenvalue weighted by atomic mass is 9.68. The normalized spacial score (nSPS) is 29.6. The zero-order valence-electron chi connectivity index (χ0n) is 9.61. The molecule has 1 aromatic carbocycles. The number of nitriles is 1. The van der Waals surface area contributed by atoms with Crippen molar-refractivity contribution in [3.8, 4) is 11.8 Å². The monoisotopic (exact) mass is 215 g/mol. The fourth-order valence-corrected chi connectivity index (χ4v) is 2.54. The van der Waals surface area contributed by atoms with Crippen molar-refractivity contribution in [3.05, 3.63) is 29.8 Å². The molecular weight excluding hydrogens is 198 g/mol. The third-order valence-corrected chi connectivity index (χ3v) is 3.84. The Morgan fingerprint density at radius 1 is 1.25 bits per heavy atom. The van der Waals surface area contributed by atoms with Gasteiger partial charge in [0.15, 0.2) is 0 Å². The highest BCUT2D eigenvalue weighted by Gasteiger charge is 2.32. The average molecular weight is 215 g/mol. The van der Waals surface area contributed by atoms with Crippen LogP contribution in [-0.2, 0) is 5.41 Å². The van der Waals surface area contributed by atoms with Crippen LogP contribution in [0.2, 0.25) is 0 Å². The van der Waals surface area contributed by atoms with E-state index < -0.39 is 0 Å². The highest BCUT2D eigenvalue weighted by atomic mass is 16.3. The molecule has 2 heteroatoms. The summed E-state index contributed by atoms with van der Waals surface area (Å²) in [6, 6.07) is 9.86. The Kier molecular flexibility index (Phi) is 2.87. The fraction of sp³-hybridized carbons (Fsp3) is 0.500.